The van der Waals surface area contributed by atoms with Gasteiger partial charge in [-0.3, -0.25) is 4.79 Å². The lowest BCUT2D eigenvalue weighted by molar-refractivity contribution is -0.113. The molecule has 2 aromatic carbocycles. The SMILES string of the molecule is Cn1c(SCC(=O)Nc2c(Cl)cccc2Cl)nc2ccccc21. The third-order valence-electron chi connectivity index (χ3n) is 3.31. The first-order valence-electron chi connectivity index (χ1n) is 6.84. The van der Waals surface area contributed by atoms with E-state index in [0.717, 1.165) is 16.2 Å². The fourth-order valence-corrected chi connectivity index (χ4v) is 3.45. The van der Waals surface area contributed by atoms with Crippen molar-refractivity contribution in [1.82, 2.24) is 9.55 Å². The Kier molecular flexibility index (Phi) is 4.80. The normalized spacial score (nSPS) is 10.9. The molecule has 4 nitrogen and oxygen atoms in total. The van der Waals surface area contributed by atoms with E-state index in [-0.39, 0.29) is 11.7 Å². The Bertz CT molecular complexity index is 859. The van der Waals surface area contributed by atoms with E-state index in [1.165, 1.54) is 11.8 Å². The van der Waals surface area contributed by atoms with E-state index < -0.39 is 0 Å². The molecule has 1 aromatic heterocycles. The van der Waals surface area contributed by atoms with E-state index in [2.05, 4.69) is 10.3 Å². The Labute approximate surface area is 147 Å². The number of anilines is 1. The fourth-order valence-electron chi connectivity index (χ4n) is 2.18. The maximum Gasteiger partial charge on any atom is 0.234 e. The number of rotatable bonds is 4. The topological polar surface area (TPSA) is 46.9 Å². The number of nitrogens with one attached hydrogen (secondary N) is 1. The van der Waals surface area contributed by atoms with Crippen molar-refractivity contribution in [2.75, 3.05) is 11.1 Å². The van der Waals surface area contributed by atoms with Gasteiger partial charge in [0.1, 0.15) is 0 Å². The minimum Gasteiger partial charge on any atom is -0.323 e. The zero-order chi connectivity index (χ0) is 16.4. The second-order valence-electron chi connectivity index (χ2n) is 4.88. The smallest absolute Gasteiger partial charge is 0.234 e. The van der Waals surface area contributed by atoms with Gasteiger partial charge in [0, 0.05) is 7.05 Å². The number of amides is 1. The predicted molar refractivity (Wildman–Crippen MR) is 96.5 cm³/mol. The average Bonchev–Trinajstić information content (AvgIpc) is 2.86. The molecule has 0 spiro atoms. The van der Waals surface area contributed by atoms with E-state index in [4.69, 9.17) is 23.2 Å². The van der Waals surface area contributed by atoms with Crippen LogP contribution in [0, 0.1) is 0 Å². The Morgan fingerprint density at radius 2 is 1.87 bits per heavy atom. The summed E-state index contributed by atoms with van der Waals surface area (Å²) in [4.78, 5) is 16.7. The van der Waals surface area contributed by atoms with Crippen LogP contribution < -0.4 is 5.32 Å². The lowest BCUT2D eigenvalue weighted by Crippen LogP contribution is -2.15. The molecule has 0 fully saturated rings. The number of fused-ring (bicyclic) bond motifs is 1. The van der Waals surface area contributed by atoms with Gasteiger partial charge < -0.3 is 9.88 Å². The molecule has 118 valence electrons. The first-order valence-corrected chi connectivity index (χ1v) is 8.58. The van der Waals surface area contributed by atoms with Crippen LogP contribution in [0.3, 0.4) is 0 Å². The number of carbonyl (C=O) groups is 1. The standard InChI is InChI=1S/C16H13Cl2N3OS/c1-21-13-8-3-2-7-12(13)19-16(21)23-9-14(22)20-15-10(17)5-4-6-11(15)18/h2-8H,9H2,1H3,(H,20,22). The molecule has 0 unspecified atom stereocenters. The second-order valence-corrected chi connectivity index (χ2v) is 6.63. The van der Waals surface area contributed by atoms with Crippen molar-refractivity contribution in [3.05, 3.63) is 52.5 Å². The van der Waals surface area contributed by atoms with Crippen molar-refractivity contribution < 1.29 is 4.79 Å². The summed E-state index contributed by atoms with van der Waals surface area (Å²) in [5, 5.41) is 4.36. The van der Waals surface area contributed by atoms with Gasteiger partial charge in [-0.15, -0.1) is 0 Å². The maximum atomic E-state index is 12.1. The van der Waals surface area contributed by atoms with Gasteiger partial charge in [-0.25, -0.2) is 4.98 Å². The molecule has 1 heterocycles. The molecule has 1 amide bonds. The molecule has 0 aliphatic rings. The molecule has 3 rings (SSSR count). The molecule has 0 saturated carbocycles. The van der Waals surface area contributed by atoms with Crippen molar-refractivity contribution in [3.8, 4) is 0 Å². The van der Waals surface area contributed by atoms with Gasteiger partial charge in [-0.05, 0) is 24.3 Å². The first-order chi connectivity index (χ1) is 11.1. The highest BCUT2D eigenvalue weighted by atomic mass is 35.5. The van der Waals surface area contributed by atoms with E-state index in [1.807, 2.05) is 35.9 Å². The van der Waals surface area contributed by atoms with Gasteiger partial charge in [0.15, 0.2) is 5.16 Å². The van der Waals surface area contributed by atoms with E-state index >= 15 is 0 Å². The quantitative estimate of drug-likeness (QED) is 0.686. The summed E-state index contributed by atoms with van der Waals surface area (Å²) in [6.07, 6.45) is 0. The molecular weight excluding hydrogens is 353 g/mol. The summed E-state index contributed by atoms with van der Waals surface area (Å²) in [5.41, 5.74) is 2.38. The number of aromatic nitrogens is 2. The molecule has 0 saturated heterocycles. The highest BCUT2D eigenvalue weighted by Gasteiger charge is 2.13. The summed E-state index contributed by atoms with van der Waals surface area (Å²) in [6, 6.07) is 12.9. The van der Waals surface area contributed by atoms with Crippen LogP contribution in [0.25, 0.3) is 11.0 Å². The third kappa shape index (κ3) is 3.47. The van der Waals surface area contributed by atoms with Crippen LogP contribution in [0.5, 0.6) is 0 Å². The largest absolute Gasteiger partial charge is 0.323 e. The van der Waals surface area contributed by atoms with Crippen LogP contribution >= 0.6 is 35.0 Å². The minimum absolute atomic E-state index is 0.183. The molecule has 0 aliphatic heterocycles. The number of nitrogens with zero attached hydrogens (tertiary/aromatic N) is 2. The van der Waals surface area contributed by atoms with Crippen LogP contribution in [0.2, 0.25) is 10.0 Å². The number of hydrogen-bond donors (Lipinski definition) is 1. The summed E-state index contributed by atoms with van der Waals surface area (Å²) in [7, 11) is 1.93. The molecule has 7 heteroatoms. The number of thioether (sulfide) groups is 1. The predicted octanol–water partition coefficient (Wildman–Crippen LogP) is 4.61. The van der Waals surface area contributed by atoms with E-state index in [0.29, 0.717) is 15.7 Å². The summed E-state index contributed by atoms with van der Waals surface area (Å²) in [5.74, 6) is 0.0377. The Morgan fingerprint density at radius 3 is 2.57 bits per heavy atom. The number of imidazole rings is 1. The van der Waals surface area contributed by atoms with Crippen LogP contribution in [0.4, 0.5) is 5.69 Å². The highest BCUT2D eigenvalue weighted by molar-refractivity contribution is 7.99. The van der Waals surface area contributed by atoms with Gasteiger partial charge in [-0.2, -0.15) is 0 Å². The van der Waals surface area contributed by atoms with Gasteiger partial charge in [0.2, 0.25) is 5.91 Å². The molecule has 1 N–H and O–H groups in total. The van der Waals surface area contributed by atoms with Crippen molar-refractivity contribution in [1.29, 1.82) is 0 Å². The number of aryl methyl sites for hydroxylation is 1. The van der Waals surface area contributed by atoms with Crippen molar-refractivity contribution >= 4 is 57.6 Å². The van der Waals surface area contributed by atoms with E-state index in [9.17, 15) is 4.79 Å². The number of benzene rings is 2. The molecule has 0 radical (unpaired) electrons. The average molecular weight is 366 g/mol. The first kappa shape index (κ1) is 16.2. The number of para-hydroxylation sites is 3. The molecule has 0 aliphatic carbocycles. The zero-order valence-electron chi connectivity index (χ0n) is 12.2. The number of hydrogen-bond acceptors (Lipinski definition) is 3. The summed E-state index contributed by atoms with van der Waals surface area (Å²) >= 11 is 13.5. The number of halogens is 2. The van der Waals surface area contributed by atoms with Gasteiger partial charge >= 0.3 is 0 Å². The van der Waals surface area contributed by atoms with E-state index in [1.54, 1.807) is 18.2 Å². The zero-order valence-corrected chi connectivity index (χ0v) is 14.5. The number of carbonyl (C=O) groups excluding carboxylic acids is 1. The van der Waals surface area contributed by atoms with Gasteiger partial charge in [0.25, 0.3) is 0 Å². The van der Waals surface area contributed by atoms with Gasteiger partial charge in [0.05, 0.1) is 32.5 Å². The summed E-state index contributed by atoms with van der Waals surface area (Å²) in [6.45, 7) is 0. The second kappa shape index (κ2) is 6.83. The van der Waals surface area contributed by atoms with Gasteiger partial charge in [-0.1, -0.05) is 53.2 Å². The molecule has 3 aromatic rings. The van der Waals surface area contributed by atoms with Crippen molar-refractivity contribution in [2.24, 2.45) is 7.05 Å². The fraction of sp³-hybridized carbons (Fsp3) is 0.125. The Hall–Kier alpha value is -1.69. The molecule has 0 bridgehead atoms. The maximum absolute atomic E-state index is 12.1. The lowest BCUT2D eigenvalue weighted by atomic mass is 10.3. The van der Waals surface area contributed by atoms with Crippen molar-refractivity contribution in [3.63, 3.8) is 0 Å². The van der Waals surface area contributed by atoms with Crippen LogP contribution in [-0.2, 0) is 11.8 Å². The third-order valence-corrected chi connectivity index (χ3v) is 4.97. The lowest BCUT2D eigenvalue weighted by Gasteiger charge is -2.08. The molecule has 0 atom stereocenters. The summed E-state index contributed by atoms with van der Waals surface area (Å²) < 4.78 is 1.97. The Morgan fingerprint density at radius 1 is 1.17 bits per heavy atom. The molecule has 23 heavy (non-hydrogen) atoms. The highest BCUT2D eigenvalue weighted by Crippen LogP contribution is 2.30. The molecular formula is C16H13Cl2N3OS. The van der Waals surface area contributed by atoms with Crippen LogP contribution in [0.15, 0.2) is 47.6 Å². The monoisotopic (exact) mass is 365 g/mol. The Balaban J connectivity index is 1.70. The minimum atomic E-state index is -0.183. The van der Waals surface area contributed by atoms with Crippen LogP contribution in [0.1, 0.15) is 0 Å². The van der Waals surface area contributed by atoms with Crippen molar-refractivity contribution in [2.45, 2.75) is 5.16 Å². The van der Waals surface area contributed by atoms with Crippen LogP contribution in [-0.4, -0.2) is 21.2 Å².